The van der Waals surface area contributed by atoms with Crippen LogP contribution >= 0.6 is 0 Å². The van der Waals surface area contributed by atoms with Crippen LogP contribution in [0.3, 0.4) is 0 Å². The maximum absolute atomic E-state index is 10.9. The lowest BCUT2D eigenvalue weighted by Gasteiger charge is -2.47. The van der Waals surface area contributed by atoms with E-state index >= 15 is 0 Å². The number of nitrogens with one attached hydrogen (secondary N) is 1. The molecule has 4 N–H and O–H groups in total. The maximum atomic E-state index is 10.9. The molecular weight excluding hydrogens is 214 g/mol. The molecule has 0 radical (unpaired) electrons. The van der Waals surface area contributed by atoms with Crippen LogP contribution in [0.5, 0.6) is 0 Å². The van der Waals surface area contributed by atoms with Crippen LogP contribution in [0.15, 0.2) is 18.3 Å². The third kappa shape index (κ3) is 2.28. The van der Waals surface area contributed by atoms with Crippen molar-refractivity contribution in [1.82, 2.24) is 10.3 Å². The molecule has 1 aromatic heterocycles. The van der Waals surface area contributed by atoms with Gasteiger partial charge in [0.1, 0.15) is 5.82 Å². The maximum Gasteiger partial charge on any atom is 0.126 e. The number of pyridine rings is 1. The molecule has 0 spiro atoms. The van der Waals surface area contributed by atoms with Crippen LogP contribution in [-0.4, -0.2) is 28.8 Å². The Labute approximate surface area is 102 Å². The Morgan fingerprint density at radius 2 is 2.29 bits per heavy atom. The first kappa shape index (κ1) is 12.3. The number of rotatable bonds is 2. The first-order chi connectivity index (χ1) is 7.95. The highest BCUT2D eigenvalue weighted by atomic mass is 16.3. The van der Waals surface area contributed by atoms with Gasteiger partial charge in [0, 0.05) is 24.6 Å². The largest absolute Gasteiger partial charge is 0.389 e. The number of aromatic nitrogens is 1. The normalized spacial score (nSPS) is 27.9. The Hall–Kier alpha value is -1.13. The lowest BCUT2D eigenvalue weighted by molar-refractivity contribution is -0.0869. The van der Waals surface area contributed by atoms with Crippen molar-refractivity contribution in [1.29, 1.82) is 0 Å². The van der Waals surface area contributed by atoms with Gasteiger partial charge in [-0.1, -0.05) is 19.9 Å². The summed E-state index contributed by atoms with van der Waals surface area (Å²) in [6.07, 6.45) is 2.99. The van der Waals surface area contributed by atoms with E-state index in [1.807, 2.05) is 12.1 Å². The number of piperidine rings is 1. The summed E-state index contributed by atoms with van der Waals surface area (Å²) >= 11 is 0. The summed E-state index contributed by atoms with van der Waals surface area (Å²) in [5, 5.41) is 14.2. The highest BCUT2D eigenvalue weighted by molar-refractivity contribution is 5.39. The van der Waals surface area contributed by atoms with Crippen LogP contribution < -0.4 is 11.1 Å². The van der Waals surface area contributed by atoms with Crippen LogP contribution in [0.1, 0.15) is 25.8 Å². The Morgan fingerprint density at radius 3 is 2.94 bits per heavy atom. The molecule has 1 aliphatic heterocycles. The zero-order valence-electron chi connectivity index (χ0n) is 10.5. The van der Waals surface area contributed by atoms with E-state index in [2.05, 4.69) is 24.1 Å². The fourth-order valence-corrected chi connectivity index (χ4v) is 2.44. The molecule has 1 fully saturated rings. The summed E-state index contributed by atoms with van der Waals surface area (Å²) in [5.74, 6) is 0.523. The molecule has 1 saturated heterocycles. The molecule has 0 amide bonds. The second-order valence-electron chi connectivity index (χ2n) is 5.57. The van der Waals surface area contributed by atoms with Crippen LogP contribution in [0, 0.1) is 5.41 Å². The molecule has 0 aromatic carbocycles. The zero-order chi connectivity index (χ0) is 12.5. The van der Waals surface area contributed by atoms with Crippen molar-refractivity contribution < 1.29 is 5.11 Å². The monoisotopic (exact) mass is 235 g/mol. The molecule has 4 heteroatoms. The Morgan fingerprint density at radius 1 is 1.53 bits per heavy atom. The summed E-state index contributed by atoms with van der Waals surface area (Å²) in [6, 6.07) is 3.81. The average molecular weight is 235 g/mol. The fourth-order valence-electron chi connectivity index (χ4n) is 2.44. The van der Waals surface area contributed by atoms with Crippen molar-refractivity contribution in [2.24, 2.45) is 5.41 Å². The number of anilines is 1. The fraction of sp³-hybridized carbons (Fsp3) is 0.615. The number of nitrogen functional groups attached to an aromatic ring is 1. The molecule has 1 aliphatic rings. The van der Waals surface area contributed by atoms with Crippen LogP contribution in [0.2, 0.25) is 0 Å². The first-order valence-electron chi connectivity index (χ1n) is 6.07. The van der Waals surface area contributed by atoms with E-state index in [0.717, 1.165) is 25.1 Å². The minimum atomic E-state index is -0.713. The van der Waals surface area contributed by atoms with E-state index in [1.54, 1.807) is 6.20 Å². The highest BCUT2D eigenvalue weighted by Crippen LogP contribution is 2.38. The average Bonchev–Trinajstić information content (AvgIpc) is 2.26. The second-order valence-corrected chi connectivity index (χ2v) is 5.57. The molecule has 1 unspecified atom stereocenters. The van der Waals surface area contributed by atoms with E-state index in [0.29, 0.717) is 12.2 Å². The van der Waals surface area contributed by atoms with Crippen molar-refractivity contribution in [3.05, 3.63) is 23.9 Å². The third-order valence-electron chi connectivity index (χ3n) is 3.95. The second kappa shape index (κ2) is 4.27. The van der Waals surface area contributed by atoms with E-state index in [1.165, 1.54) is 0 Å². The molecular formula is C13H21N3O. The van der Waals surface area contributed by atoms with Gasteiger partial charge in [-0.25, -0.2) is 4.98 Å². The lowest BCUT2D eigenvalue weighted by Crippen LogP contribution is -2.57. The number of nitrogens with two attached hydrogens (primary N) is 1. The molecule has 4 nitrogen and oxygen atoms in total. The van der Waals surface area contributed by atoms with Crippen LogP contribution in [-0.2, 0) is 6.42 Å². The Bertz CT molecular complexity index is 405. The molecule has 1 atom stereocenters. The van der Waals surface area contributed by atoms with Gasteiger partial charge >= 0.3 is 0 Å². The van der Waals surface area contributed by atoms with Crippen molar-refractivity contribution in [2.45, 2.75) is 32.3 Å². The quantitative estimate of drug-likeness (QED) is 0.714. The molecule has 2 rings (SSSR count). The van der Waals surface area contributed by atoms with Crippen molar-refractivity contribution >= 4 is 5.82 Å². The van der Waals surface area contributed by atoms with Crippen molar-refractivity contribution in [3.63, 3.8) is 0 Å². The SMILES string of the molecule is CC1(C)CNCCC1(O)Cc1cccnc1N. The van der Waals surface area contributed by atoms with Gasteiger partial charge in [-0.2, -0.15) is 0 Å². The van der Waals surface area contributed by atoms with Gasteiger partial charge in [0.25, 0.3) is 0 Å². The minimum Gasteiger partial charge on any atom is -0.389 e. The number of nitrogens with zero attached hydrogens (tertiary/aromatic N) is 1. The summed E-state index contributed by atoms with van der Waals surface area (Å²) < 4.78 is 0. The molecule has 2 heterocycles. The predicted molar refractivity (Wildman–Crippen MR) is 68.6 cm³/mol. The molecule has 1 aromatic rings. The van der Waals surface area contributed by atoms with Crippen molar-refractivity contribution in [2.75, 3.05) is 18.8 Å². The van der Waals surface area contributed by atoms with E-state index < -0.39 is 5.60 Å². The van der Waals surface area contributed by atoms with E-state index in [-0.39, 0.29) is 5.41 Å². The summed E-state index contributed by atoms with van der Waals surface area (Å²) in [7, 11) is 0. The zero-order valence-corrected chi connectivity index (χ0v) is 10.5. The Kier molecular flexibility index (Phi) is 3.10. The lowest BCUT2D eigenvalue weighted by atomic mass is 9.68. The number of hydrogen-bond donors (Lipinski definition) is 3. The molecule has 17 heavy (non-hydrogen) atoms. The van der Waals surface area contributed by atoms with Gasteiger partial charge in [-0.05, 0) is 24.6 Å². The molecule has 0 saturated carbocycles. The van der Waals surface area contributed by atoms with Gasteiger partial charge in [-0.15, -0.1) is 0 Å². The standard InChI is InChI=1S/C13H21N3O/c1-12(2)9-15-7-5-13(12,17)8-10-4-3-6-16-11(10)14/h3-4,6,15,17H,5,7-9H2,1-2H3,(H2,14,16). The topological polar surface area (TPSA) is 71.2 Å². The van der Waals surface area contributed by atoms with E-state index in [9.17, 15) is 5.11 Å². The summed E-state index contributed by atoms with van der Waals surface area (Å²) in [4.78, 5) is 4.07. The van der Waals surface area contributed by atoms with Gasteiger partial charge in [0.2, 0.25) is 0 Å². The Balaban J connectivity index is 2.24. The molecule has 0 aliphatic carbocycles. The first-order valence-corrected chi connectivity index (χ1v) is 6.07. The van der Waals surface area contributed by atoms with Crippen LogP contribution in [0.25, 0.3) is 0 Å². The van der Waals surface area contributed by atoms with Gasteiger partial charge in [0.05, 0.1) is 5.60 Å². The molecule has 0 bridgehead atoms. The van der Waals surface area contributed by atoms with Crippen molar-refractivity contribution in [3.8, 4) is 0 Å². The van der Waals surface area contributed by atoms with Gasteiger partial charge in [0.15, 0.2) is 0 Å². The highest BCUT2D eigenvalue weighted by Gasteiger charge is 2.45. The molecule has 94 valence electrons. The predicted octanol–water partition coefficient (Wildman–Crippen LogP) is 0.957. The summed E-state index contributed by atoms with van der Waals surface area (Å²) in [6.45, 7) is 5.85. The number of aliphatic hydroxyl groups is 1. The number of hydrogen-bond acceptors (Lipinski definition) is 4. The van der Waals surface area contributed by atoms with Gasteiger partial charge in [-0.3, -0.25) is 0 Å². The third-order valence-corrected chi connectivity index (χ3v) is 3.95. The minimum absolute atomic E-state index is 0.159. The van der Waals surface area contributed by atoms with E-state index in [4.69, 9.17) is 5.73 Å². The smallest absolute Gasteiger partial charge is 0.126 e. The van der Waals surface area contributed by atoms with Gasteiger partial charge < -0.3 is 16.2 Å². The summed E-state index contributed by atoms with van der Waals surface area (Å²) in [5.41, 5.74) is 5.91. The van der Waals surface area contributed by atoms with Crippen LogP contribution in [0.4, 0.5) is 5.82 Å².